The molecule has 0 atom stereocenters. The molecule has 1 aromatic heterocycles. The van der Waals surface area contributed by atoms with Gasteiger partial charge in [0, 0.05) is 10.0 Å². The molecule has 2 aromatic carbocycles. The average Bonchev–Trinajstić information content (AvgIpc) is 3.13. The predicted octanol–water partition coefficient (Wildman–Crippen LogP) is 4.17. The number of aromatic nitrogens is 2. The summed E-state index contributed by atoms with van der Waals surface area (Å²) in [6, 6.07) is 17.4. The van der Waals surface area contributed by atoms with Gasteiger partial charge in [0.25, 0.3) is 5.91 Å². The molecule has 5 nitrogen and oxygen atoms in total. The lowest BCUT2D eigenvalue weighted by Crippen LogP contribution is -2.17. The number of H-pyrrole nitrogens is 1. The van der Waals surface area contributed by atoms with Gasteiger partial charge in [0.2, 0.25) is 0 Å². The lowest BCUT2D eigenvalue weighted by Gasteiger charge is -1.98. The zero-order chi connectivity index (χ0) is 17.6. The van der Waals surface area contributed by atoms with Crippen LogP contribution in [0, 0.1) is 0 Å². The molecule has 2 N–H and O–H groups in total. The molecule has 0 saturated heterocycles. The summed E-state index contributed by atoms with van der Waals surface area (Å²) in [5.41, 5.74) is 6.69. The van der Waals surface area contributed by atoms with Gasteiger partial charge in [-0.2, -0.15) is 10.2 Å². The van der Waals surface area contributed by atoms with Crippen molar-refractivity contribution in [2.24, 2.45) is 5.10 Å². The third-order valence-electron chi connectivity index (χ3n) is 3.73. The van der Waals surface area contributed by atoms with Crippen molar-refractivity contribution < 1.29 is 4.79 Å². The number of aryl methyl sites for hydroxylation is 1. The van der Waals surface area contributed by atoms with Crippen LogP contribution in [0.25, 0.3) is 11.3 Å². The molecule has 0 aliphatic rings. The molecule has 0 spiro atoms. The summed E-state index contributed by atoms with van der Waals surface area (Å²) in [4.78, 5) is 12.1. The van der Waals surface area contributed by atoms with Crippen molar-refractivity contribution in [1.29, 1.82) is 0 Å². The number of rotatable bonds is 5. The van der Waals surface area contributed by atoms with Gasteiger partial charge in [0.1, 0.15) is 5.69 Å². The molecule has 126 valence electrons. The van der Waals surface area contributed by atoms with E-state index in [1.807, 2.05) is 48.5 Å². The van der Waals surface area contributed by atoms with Crippen LogP contribution in [0.15, 0.2) is 64.2 Å². The number of hydrogen-bond donors (Lipinski definition) is 2. The number of carbonyl (C=O) groups excluding carboxylic acids is 1. The van der Waals surface area contributed by atoms with Gasteiger partial charge < -0.3 is 0 Å². The summed E-state index contributed by atoms with van der Waals surface area (Å²) < 4.78 is 0.992. The number of amides is 1. The maximum atomic E-state index is 12.1. The molecule has 0 saturated carbocycles. The molecule has 6 heteroatoms. The van der Waals surface area contributed by atoms with Crippen LogP contribution in [0.4, 0.5) is 0 Å². The Hall–Kier alpha value is -2.73. The number of hydrazone groups is 1. The Morgan fingerprint density at radius 1 is 1.20 bits per heavy atom. The number of aromatic amines is 1. The molecule has 0 aliphatic carbocycles. The van der Waals surface area contributed by atoms with E-state index in [2.05, 4.69) is 43.6 Å². The van der Waals surface area contributed by atoms with E-state index in [0.29, 0.717) is 11.4 Å². The monoisotopic (exact) mass is 396 g/mol. The summed E-state index contributed by atoms with van der Waals surface area (Å²) in [6.45, 7) is 2.11. The highest BCUT2D eigenvalue weighted by Crippen LogP contribution is 2.20. The Bertz CT molecular complexity index is 883. The first-order valence-corrected chi connectivity index (χ1v) is 8.68. The quantitative estimate of drug-likeness (QED) is 0.501. The zero-order valence-corrected chi connectivity index (χ0v) is 15.2. The first kappa shape index (κ1) is 17.1. The topological polar surface area (TPSA) is 70.1 Å². The van der Waals surface area contributed by atoms with Crippen molar-refractivity contribution in [1.82, 2.24) is 15.6 Å². The maximum Gasteiger partial charge on any atom is 0.289 e. The minimum absolute atomic E-state index is 0.336. The van der Waals surface area contributed by atoms with Crippen LogP contribution >= 0.6 is 15.9 Å². The molecule has 25 heavy (non-hydrogen) atoms. The van der Waals surface area contributed by atoms with Crippen LogP contribution in [0.5, 0.6) is 0 Å². The van der Waals surface area contributed by atoms with E-state index in [0.717, 1.165) is 22.0 Å². The third kappa shape index (κ3) is 4.42. The number of nitrogens with one attached hydrogen (secondary N) is 2. The smallest absolute Gasteiger partial charge is 0.272 e. The van der Waals surface area contributed by atoms with E-state index in [4.69, 9.17) is 0 Å². The molecule has 0 fully saturated rings. The van der Waals surface area contributed by atoms with Gasteiger partial charge in [-0.3, -0.25) is 9.89 Å². The largest absolute Gasteiger partial charge is 0.289 e. The fourth-order valence-corrected chi connectivity index (χ4v) is 2.54. The van der Waals surface area contributed by atoms with Crippen molar-refractivity contribution >= 4 is 28.1 Å². The van der Waals surface area contributed by atoms with Crippen LogP contribution in [0.2, 0.25) is 0 Å². The summed E-state index contributed by atoms with van der Waals surface area (Å²) in [7, 11) is 0. The summed E-state index contributed by atoms with van der Waals surface area (Å²) in [5, 5.41) is 10.9. The Kier molecular flexibility index (Phi) is 5.40. The van der Waals surface area contributed by atoms with Crippen LogP contribution in [-0.4, -0.2) is 22.3 Å². The molecular weight excluding hydrogens is 380 g/mol. The number of nitrogens with zero attached hydrogens (tertiary/aromatic N) is 2. The van der Waals surface area contributed by atoms with Crippen LogP contribution < -0.4 is 5.43 Å². The second kappa shape index (κ2) is 7.90. The summed E-state index contributed by atoms with van der Waals surface area (Å²) in [6.07, 6.45) is 2.61. The molecule has 3 rings (SSSR count). The van der Waals surface area contributed by atoms with Gasteiger partial charge in [-0.25, -0.2) is 5.43 Å². The molecule has 0 unspecified atom stereocenters. The SMILES string of the molecule is CCc1ccc(C=NNC(=O)c2cc(-c3ccc(Br)cc3)n[nH]2)cc1. The second-order valence-corrected chi connectivity index (χ2v) is 6.38. The lowest BCUT2D eigenvalue weighted by atomic mass is 10.1. The van der Waals surface area contributed by atoms with Crippen molar-refractivity contribution in [3.63, 3.8) is 0 Å². The third-order valence-corrected chi connectivity index (χ3v) is 4.26. The number of halogens is 1. The van der Waals surface area contributed by atoms with Crippen molar-refractivity contribution in [2.75, 3.05) is 0 Å². The highest BCUT2D eigenvalue weighted by Gasteiger charge is 2.10. The Balaban J connectivity index is 1.63. The Labute approximate surface area is 154 Å². The maximum absolute atomic E-state index is 12.1. The van der Waals surface area contributed by atoms with E-state index in [1.54, 1.807) is 12.3 Å². The van der Waals surface area contributed by atoms with Gasteiger partial charge >= 0.3 is 0 Å². The fraction of sp³-hybridized carbons (Fsp3) is 0.105. The van der Waals surface area contributed by atoms with E-state index in [9.17, 15) is 4.79 Å². The molecule has 0 aliphatic heterocycles. The second-order valence-electron chi connectivity index (χ2n) is 5.47. The van der Waals surface area contributed by atoms with Crippen LogP contribution in [-0.2, 0) is 6.42 Å². The van der Waals surface area contributed by atoms with E-state index < -0.39 is 0 Å². The molecule has 0 radical (unpaired) electrons. The highest BCUT2D eigenvalue weighted by atomic mass is 79.9. The van der Waals surface area contributed by atoms with Crippen molar-refractivity contribution in [3.05, 3.63) is 75.9 Å². The first-order chi connectivity index (χ1) is 12.2. The van der Waals surface area contributed by atoms with Gasteiger partial charge in [0.15, 0.2) is 0 Å². The summed E-state index contributed by atoms with van der Waals surface area (Å²) in [5.74, 6) is -0.336. The van der Waals surface area contributed by atoms with Gasteiger partial charge in [0.05, 0.1) is 11.9 Å². The van der Waals surface area contributed by atoms with Crippen molar-refractivity contribution in [2.45, 2.75) is 13.3 Å². The predicted molar refractivity (Wildman–Crippen MR) is 103 cm³/mol. The number of benzene rings is 2. The average molecular weight is 397 g/mol. The van der Waals surface area contributed by atoms with E-state index >= 15 is 0 Å². The Morgan fingerprint density at radius 3 is 2.60 bits per heavy atom. The summed E-state index contributed by atoms with van der Waals surface area (Å²) >= 11 is 3.39. The molecule has 1 amide bonds. The minimum Gasteiger partial charge on any atom is -0.272 e. The molecular formula is C19H17BrN4O. The fourth-order valence-electron chi connectivity index (χ4n) is 2.27. The van der Waals surface area contributed by atoms with Gasteiger partial charge in [-0.1, -0.05) is 59.3 Å². The van der Waals surface area contributed by atoms with E-state index in [-0.39, 0.29) is 5.91 Å². The normalized spacial score (nSPS) is 11.0. The van der Waals surface area contributed by atoms with Crippen molar-refractivity contribution in [3.8, 4) is 11.3 Å². The molecule has 1 heterocycles. The minimum atomic E-state index is -0.336. The lowest BCUT2D eigenvalue weighted by molar-refractivity contribution is 0.0950. The highest BCUT2D eigenvalue weighted by molar-refractivity contribution is 9.10. The molecule has 3 aromatic rings. The Morgan fingerprint density at radius 2 is 1.92 bits per heavy atom. The number of carbonyl (C=O) groups is 1. The standard InChI is InChI=1S/C19H17BrN4O/c1-2-13-3-5-14(6-4-13)12-21-24-19(25)18-11-17(22-23-18)15-7-9-16(20)10-8-15/h3-12H,2H2,1H3,(H,22,23)(H,24,25). The van der Waals surface area contributed by atoms with Crippen LogP contribution in [0.3, 0.4) is 0 Å². The van der Waals surface area contributed by atoms with Crippen LogP contribution in [0.1, 0.15) is 28.5 Å². The molecule has 0 bridgehead atoms. The zero-order valence-electron chi connectivity index (χ0n) is 13.7. The first-order valence-electron chi connectivity index (χ1n) is 7.89. The van der Waals surface area contributed by atoms with Gasteiger partial charge in [-0.05, 0) is 35.7 Å². The van der Waals surface area contributed by atoms with E-state index in [1.165, 1.54) is 5.56 Å². The number of hydrogen-bond acceptors (Lipinski definition) is 3. The van der Waals surface area contributed by atoms with Gasteiger partial charge in [-0.15, -0.1) is 0 Å².